The fourth-order valence-corrected chi connectivity index (χ4v) is 0.588. The Bertz CT molecular complexity index is 238. The Kier molecular flexibility index (Phi) is 2.71. The van der Waals surface area contributed by atoms with Crippen LogP contribution in [0.1, 0.15) is 0 Å². The first kappa shape index (κ1) is 8.79. The molecule has 0 aliphatic carbocycles. The van der Waals surface area contributed by atoms with E-state index in [1.165, 1.54) is 0 Å². The van der Waals surface area contributed by atoms with Gasteiger partial charge in [-0.05, 0) is 0 Å². The van der Waals surface area contributed by atoms with Gasteiger partial charge in [-0.1, -0.05) is 0 Å². The van der Waals surface area contributed by atoms with Crippen molar-refractivity contribution in [3.8, 4) is 6.07 Å². The molecule has 0 amide bonds. The number of nitrogens with zero attached hydrogens (tertiary/aromatic N) is 2. The second-order valence-corrected chi connectivity index (χ2v) is 1.63. The van der Waals surface area contributed by atoms with E-state index in [0.29, 0.717) is 0 Å². The van der Waals surface area contributed by atoms with Crippen molar-refractivity contribution in [2.24, 2.45) is 10.7 Å². The van der Waals surface area contributed by atoms with E-state index in [-0.39, 0.29) is 36.1 Å². The zero-order valence-electron chi connectivity index (χ0n) is 5.03. The lowest BCUT2D eigenvalue weighted by molar-refractivity contribution is 0.406. The molecule has 54 valence electrons. The molecule has 5 heteroatoms. The minimum atomic E-state index is -0.0324. The average molecular weight is 160 g/mol. The van der Waals surface area contributed by atoms with Crippen LogP contribution in [0.5, 0.6) is 0 Å². The van der Waals surface area contributed by atoms with Crippen LogP contribution in [-0.4, -0.2) is 17.5 Å². The fraction of sp³-hybridized carbons (Fsp3) is 0.200. The van der Waals surface area contributed by atoms with E-state index in [1.807, 2.05) is 0 Å². The summed E-state index contributed by atoms with van der Waals surface area (Å²) in [7, 11) is 0. The highest BCUT2D eigenvalue weighted by atomic mass is 35.5. The van der Waals surface area contributed by atoms with Crippen LogP contribution in [0.4, 0.5) is 0 Å². The van der Waals surface area contributed by atoms with Crippen LogP contribution in [-0.2, 0) is 0 Å². The van der Waals surface area contributed by atoms with Crippen LogP contribution in [0.3, 0.4) is 0 Å². The van der Waals surface area contributed by atoms with Crippen molar-refractivity contribution in [1.29, 1.82) is 5.26 Å². The summed E-state index contributed by atoms with van der Waals surface area (Å²) >= 11 is 0. The van der Waals surface area contributed by atoms with Gasteiger partial charge in [-0.3, -0.25) is 4.99 Å². The summed E-state index contributed by atoms with van der Waals surface area (Å²) in [5, 5.41) is 17.1. The Morgan fingerprint density at radius 2 is 2.30 bits per heavy atom. The van der Waals surface area contributed by atoms with Crippen LogP contribution in [0, 0.1) is 11.3 Å². The maximum absolute atomic E-state index is 8.82. The quantitative estimate of drug-likeness (QED) is 0.527. The van der Waals surface area contributed by atoms with Gasteiger partial charge in [0.05, 0.1) is 6.54 Å². The maximum atomic E-state index is 8.82. The summed E-state index contributed by atoms with van der Waals surface area (Å²) in [5.41, 5.74) is 5.30. The number of hydrogen-bond donors (Lipinski definition) is 2. The highest BCUT2D eigenvalue weighted by Gasteiger charge is 2.14. The first-order valence-electron chi connectivity index (χ1n) is 2.38. The lowest BCUT2D eigenvalue weighted by Gasteiger charge is -1.86. The molecule has 10 heavy (non-hydrogen) atoms. The molecular formula is C5H6ClN3O. The third-order valence-electron chi connectivity index (χ3n) is 1.06. The number of hydrogen-bond acceptors (Lipinski definition) is 4. The predicted octanol–water partition coefficient (Wildman–Crippen LogP) is 0.115. The third kappa shape index (κ3) is 1.20. The van der Waals surface area contributed by atoms with Crippen LogP contribution in [0.2, 0.25) is 0 Å². The van der Waals surface area contributed by atoms with E-state index < -0.39 is 0 Å². The minimum absolute atomic E-state index is 0. The van der Waals surface area contributed by atoms with E-state index in [2.05, 4.69) is 4.99 Å². The summed E-state index contributed by atoms with van der Waals surface area (Å²) in [6, 6.07) is 1.74. The normalized spacial score (nSPS) is 15.7. The van der Waals surface area contributed by atoms with Gasteiger partial charge in [-0.25, -0.2) is 0 Å². The fourth-order valence-electron chi connectivity index (χ4n) is 0.588. The zero-order chi connectivity index (χ0) is 6.85. The standard InChI is InChI=1S/C5H5N3O.ClH/c6-1-3-4(9)2-8-5(3)7;/h9H,2H2,(H2,7,8);1H. The molecule has 0 unspecified atom stereocenters. The second-order valence-electron chi connectivity index (χ2n) is 1.63. The smallest absolute Gasteiger partial charge is 0.140 e. The molecule has 0 aromatic rings. The van der Waals surface area contributed by atoms with Gasteiger partial charge < -0.3 is 10.8 Å². The van der Waals surface area contributed by atoms with E-state index >= 15 is 0 Å². The van der Waals surface area contributed by atoms with Gasteiger partial charge >= 0.3 is 0 Å². The number of aliphatic hydroxyl groups is 1. The van der Waals surface area contributed by atoms with Crippen molar-refractivity contribution >= 4 is 18.2 Å². The van der Waals surface area contributed by atoms with Gasteiger partial charge in [-0.15, -0.1) is 12.4 Å². The van der Waals surface area contributed by atoms with E-state index in [9.17, 15) is 0 Å². The molecule has 1 aliphatic heterocycles. The number of aliphatic hydroxyl groups excluding tert-OH is 1. The van der Waals surface area contributed by atoms with Gasteiger partial charge in [0.15, 0.2) is 0 Å². The molecule has 0 spiro atoms. The second kappa shape index (κ2) is 3.08. The highest BCUT2D eigenvalue weighted by Crippen LogP contribution is 2.07. The zero-order valence-corrected chi connectivity index (χ0v) is 5.85. The molecular weight excluding hydrogens is 154 g/mol. The molecule has 0 bridgehead atoms. The van der Waals surface area contributed by atoms with Crippen LogP contribution >= 0.6 is 12.4 Å². The van der Waals surface area contributed by atoms with Gasteiger partial charge in [0, 0.05) is 0 Å². The van der Waals surface area contributed by atoms with Crippen molar-refractivity contribution in [3.63, 3.8) is 0 Å². The number of nitrogens with two attached hydrogens (primary N) is 1. The summed E-state index contributed by atoms with van der Waals surface area (Å²) in [6.07, 6.45) is 0. The Morgan fingerprint density at radius 3 is 2.50 bits per heavy atom. The Morgan fingerprint density at radius 1 is 1.70 bits per heavy atom. The monoisotopic (exact) mass is 159 g/mol. The summed E-state index contributed by atoms with van der Waals surface area (Å²) in [5.74, 6) is 0.102. The molecule has 0 saturated carbocycles. The van der Waals surface area contributed by atoms with E-state index in [4.69, 9.17) is 16.1 Å². The number of rotatable bonds is 0. The molecule has 0 aromatic carbocycles. The van der Waals surface area contributed by atoms with Crippen molar-refractivity contribution in [2.45, 2.75) is 0 Å². The third-order valence-corrected chi connectivity index (χ3v) is 1.06. The minimum Gasteiger partial charge on any atom is -0.509 e. The summed E-state index contributed by atoms with van der Waals surface area (Å²) < 4.78 is 0. The number of nitriles is 1. The number of halogens is 1. The molecule has 0 saturated heterocycles. The van der Waals surface area contributed by atoms with Crippen LogP contribution < -0.4 is 5.73 Å². The molecule has 0 radical (unpaired) electrons. The van der Waals surface area contributed by atoms with E-state index in [1.54, 1.807) is 6.07 Å². The van der Waals surface area contributed by atoms with Gasteiger partial charge in [0.1, 0.15) is 23.2 Å². The first-order chi connectivity index (χ1) is 4.25. The molecule has 0 aromatic heterocycles. The lowest BCUT2D eigenvalue weighted by Crippen LogP contribution is -2.10. The maximum Gasteiger partial charge on any atom is 0.140 e. The summed E-state index contributed by atoms with van der Waals surface area (Å²) in [4.78, 5) is 3.62. The predicted molar refractivity (Wildman–Crippen MR) is 39.0 cm³/mol. The van der Waals surface area contributed by atoms with Crippen molar-refractivity contribution < 1.29 is 5.11 Å². The molecule has 3 N–H and O–H groups in total. The topological polar surface area (TPSA) is 82.4 Å². The van der Waals surface area contributed by atoms with Gasteiger partial charge in [-0.2, -0.15) is 5.26 Å². The Labute approximate surface area is 64.1 Å². The Hall–Kier alpha value is -1.21. The van der Waals surface area contributed by atoms with Crippen molar-refractivity contribution in [3.05, 3.63) is 11.3 Å². The molecule has 1 heterocycles. The summed E-state index contributed by atoms with van der Waals surface area (Å²) in [6.45, 7) is 0.148. The average Bonchev–Trinajstić information content (AvgIpc) is 2.12. The van der Waals surface area contributed by atoms with Gasteiger partial charge in [0.2, 0.25) is 0 Å². The molecule has 0 atom stereocenters. The highest BCUT2D eigenvalue weighted by molar-refractivity contribution is 6.02. The molecule has 0 fully saturated rings. The number of aliphatic imine (C=N–C) groups is 1. The Balaban J connectivity index is 0.000000810. The largest absolute Gasteiger partial charge is 0.509 e. The molecule has 1 rings (SSSR count). The van der Waals surface area contributed by atoms with Gasteiger partial charge in [0.25, 0.3) is 0 Å². The SMILES string of the molecule is Cl.N#CC1=C(O)CN=C1N. The molecule has 1 aliphatic rings. The van der Waals surface area contributed by atoms with Crippen molar-refractivity contribution in [1.82, 2.24) is 0 Å². The van der Waals surface area contributed by atoms with Crippen molar-refractivity contribution in [2.75, 3.05) is 6.54 Å². The van der Waals surface area contributed by atoms with Crippen LogP contribution in [0.25, 0.3) is 0 Å². The van der Waals surface area contributed by atoms with E-state index in [0.717, 1.165) is 0 Å². The first-order valence-corrected chi connectivity index (χ1v) is 2.38. The molecule has 4 nitrogen and oxygen atoms in total. The lowest BCUT2D eigenvalue weighted by atomic mass is 10.3. The number of amidine groups is 1. The van der Waals surface area contributed by atoms with Crippen LogP contribution in [0.15, 0.2) is 16.3 Å².